The van der Waals surface area contributed by atoms with Crippen LogP contribution < -0.4 is 10.6 Å². The summed E-state index contributed by atoms with van der Waals surface area (Å²) in [5.74, 6) is -0.159. The number of carbonyl (C=O) groups excluding carboxylic acids is 1. The number of β-lactam (4-membered cyclic amide) rings is 1. The van der Waals surface area contributed by atoms with E-state index in [2.05, 4.69) is 0 Å². The van der Waals surface area contributed by atoms with E-state index in [0.717, 1.165) is 0 Å². The number of hydrogen-bond donors (Lipinski definition) is 1. The Labute approximate surface area is 92.3 Å². The quantitative estimate of drug-likeness (QED) is 0.668. The number of benzene rings is 1. The van der Waals surface area contributed by atoms with Crippen molar-refractivity contribution in [1.82, 2.24) is 0 Å². The molecule has 0 aliphatic carbocycles. The number of nitriles is 2. The average molecular weight is 212 g/mol. The Hall–Kier alpha value is -2.37. The number of carbonyl (C=O) groups is 1. The second-order valence-corrected chi connectivity index (χ2v) is 3.51. The summed E-state index contributed by atoms with van der Waals surface area (Å²) in [7, 11) is 0. The normalized spacial score (nSPS) is 18.6. The smallest absolute Gasteiger partial charge is 0.245 e. The van der Waals surface area contributed by atoms with Gasteiger partial charge in [-0.2, -0.15) is 10.5 Å². The monoisotopic (exact) mass is 212 g/mol. The number of amides is 1. The number of hydrogen-bond acceptors (Lipinski definition) is 4. The van der Waals surface area contributed by atoms with Crippen molar-refractivity contribution in [1.29, 1.82) is 10.5 Å². The molecule has 0 spiro atoms. The zero-order valence-corrected chi connectivity index (χ0v) is 8.34. The third-order valence-electron chi connectivity index (χ3n) is 2.52. The minimum absolute atomic E-state index is 0.159. The van der Waals surface area contributed by atoms with Gasteiger partial charge in [-0.1, -0.05) is 0 Å². The highest BCUT2D eigenvalue weighted by Crippen LogP contribution is 2.23. The van der Waals surface area contributed by atoms with E-state index in [0.29, 0.717) is 17.8 Å². The highest BCUT2D eigenvalue weighted by atomic mass is 16.2. The van der Waals surface area contributed by atoms with Gasteiger partial charge in [0.25, 0.3) is 0 Å². The van der Waals surface area contributed by atoms with Gasteiger partial charge < -0.3 is 10.6 Å². The summed E-state index contributed by atoms with van der Waals surface area (Å²) < 4.78 is 0. The summed E-state index contributed by atoms with van der Waals surface area (Å²) in [4.78, 5) is 12.9. The fourth-order valence-corrected chi connectivity index (χ4v) is 1.58. The second kappa shape index (κ2) is 3.65. The summed E-state index contributed by atoms with van der Waals surface area (Å²) in [5.41, 5.74) is 6.66. The number of nitrogens with zero attached hydrogens (tertiary/aromatic N) is 3. The van der Waals surface area contributed by atoms with Gasteiger partial charge in [0.1, 0.15) is 18.2 Å². The van der Waals surface area contributed by atoms with Gasteiger partial charge in [0.15, 0.2) is 0 Å². The van der Waals surface area contributed by atoms with Gasteiger partial charge in [-0.15, -0.1) is 0 Å². The van der Waals surface area contributed by atoms with Gasteiger partial charge in [0, 0.05) is 5.69 Å². The Kier molecular flexibility index (Phi) is 2.32. The first kappa shape index (κ1) is 10.2. The molecule has 5 heteroatoms. The van der Waals surface area contributed by atoms with Gasteiger partial charge in [0.05, 0.1) is 17.7 Å². The minimum Gasteiger partial charge on any atom is -0.318 e. The molecule has 1 amide bonds. The van der Waals surface area contributed by atoms with Crippen molar-refractivity contribution in [3.05, 3.63) is 29.3 Å². The summed E-state index contributed by atoms with van der Waals surface area (Å²) in [6.07, 6.45) is 0. The SMILES string of the molecule is N#Cc1ccc(N2CC(N)C2=O)cc1C#N. The third-order valence-corrected chi connectivity index (χ3v) is 2.52. The summed E-state index contributed by atoms with van der Waals surface area (Å²) in [5, 5.41) is 17.6. The maximum atomic E-state index is 11.4. The summed E-state index contributed by atoms with van der Waals surface area (Å²) in [6, 6.07) is 8.10. The van der Waals surface area contributed by atoms with Crippen molar-refractivity contribution >= 4 is 11.6 Å². The Morgan fingerprint density at radius 1 is 1.31 bits per heavy atom. The first-order chi connectivity index (χ1) is 7.67. The van der Waals surface area contributed by atoms with Crippen molar-refractivity contribution in [2.75, 3.05) is 11.4 Å². The topological polar surface area (TPSA) is 93.9 Å². The number of rotatable bonds is 1. The molecule has 1 fully saturated rings. The van der Waals surface area contributed by atoms with Crippen LogP contribution in [0.3, 0.4) is 0 Å². The van der Waals surface area contributed by atoms with Crippen LogP contribution >= 0.6 is 0 Å². The molecule has 0 bridgehead atoms. The summed E-state index contributed by atoms with van der Waals surface area (Å²) >= 11 is 0. The molecule has 1 saturated heterocycles. The predicted molar refractivity (Wildman–Crippen MR) is 56.2 cm³/mol. The summed E-state index contributed by atoms with van der Waals surface area (Å²) in [6.45, 7) is 0.454. The highest BCUT2D eigenvalue weighted by Gasteiger charge is 2.34. The maximum absolute atomic E-state index is 11.4. The molecule has 0 aromatic heterocycles. The van der Waals surface area contributed by atoms with E-state index >= 15 is 0 Å². The predicted octanol–water partition coefficient (Wildman–Crippen LogP) is 0.104. The van der Waals surface area contributed by atoms with Crippen LogP contribution in [0.4, 0.5) is 5.69 Å². The lowest BCUT2D eigenvalue weighted by atomic mass is 10.0. The molecule has 1 atom stereocenters. The molecule has 2 N–H and O–H groups in total. The second-order valence-electron chi connectivity index (χ2n) is 3.51. The van der Waals surface area contributed by atoms with Crippen LogP contribution in [0.25, 0.3) is 0 Å². The van der Waals surface area contributed by atoms with Crippen LogP contribution in [-0.2, 0) is 4.79 Å². The third kappa shape index (κ3) is 1.40. The first-order valence-electron chi connectivity index (χ1n) is 4.68. The molecule has 0 radical (unpaired) electrons. The molecule has 1 heterocycles. The molecular formula is C11H8N4O. The van der Waals surface area contributed by atoms with Gasteiger partial charge in [-0.25, -0.2) is 0 Å². The van der Waals surface area contributed by atoms with Crippen LogP contribution in [0.1, 0.15) is 11.1 Å². The molecule has 1 unspecified atom stereocenters. The average Bonchev–Trinajstić information content (AvgIpc) is 2.34. The Balaban J connectivity index is 2.36. The molecule has 16 heavy (non-hydrogen) atoms. The molecule has 78 valence electrons. The van der Waals surface area contributed by atoms with E-state index < -0.39 is 6.04 Å². The van der Waals surface area contributed by atoms with Crippen LogP contribution in [0.2, 0.25) is 0 Å². The van der Waals surface area contributed by atoms with Gasteiger partial charge in [-0.05, 0) is 18.2 Å². The van der Waals surface area contributed by atoms with E-state index in [-0.39, 0.29) is 11.5 Å². The Bertz CT molecular complexity index is 538. The lowest BCUT2D eigenvalue weighted by Gasteiger charge is -2.36. The van der Waals surface area contributed by atoms with E-state index in [1.165, 1.54) is 17.0 Å². The zero-order chi connectivity index (χ0) is 11.7. The van der Waals surface area contributed by atoms with Crippen LogP contribution in [-0.4, -0.2) is 18.5 Å². The first-order valence-corrected chi connectivity index (χ1v) is 4.68. The standard InChI is InChI=1S/C11H8N4O/c12-4-7-1-2-9(3-8(7)5-13)15-6-10(14)11(15)16/h1-3,10H,6,14H2. The van der Waals surface area contributed by atoms with Crippen molar-refractivity contribution in [2.45, 2.75) is 6.04 Å². The van der Waals surface area contributed by atoms with Crippen molar-refractivity contribution in [3.8, 4) is 12.1 Å². The van der Waals surface area contributed by atoms with E-state index in [4.69, 9.17) is 16.3 Å². The molecule has 1 aliphatic rings. The number of anilines is 1. The molecule has 1 aromatic rings. The molecule has 1 aromatic carbocycles. The van der Waals surface area contributed by atoms with Crippen molar-refractivity contribution in [2.24, 2.45) is 5.73 Å². The molecule has 0 saturated carbocycles. The molecule has 2 rings (SSSR count). The van der Waals surface area contributed by atoms with E-state index in [1.54, 1.807) is 6.07 Å². The van der Waals surface area contributed by atoms with Crippen molar-refractivity contribution in [3.63, 3.8) is 0 Å². The number of nitrogens with two attached hydrogens (primary N) is 1. The van der Waals surface area contributed by atoms with Crippen LogP contribution in [0, 0.1) is 22.7 Å². The van der Waals surface area contributed by atoms with Gasteiger partial charge >= 0.3 is 0 Å². The van der Waals surface area contributed by atoms with E-state index in [9.17, 15) is 4.79 Å². The highest BCUT2D eigenvalue weighted by molar-refractivity contribution is 6.04. The van der Waals surface area contributed by atoms with Gasteiger partial charge in [0.2, 0.25) is 5.91 Å². The van der Waals surface area contributed by atoms with Gasteiger partial charge in [-0.3, -0.25) is 4.79 Å². The Morgan fingerprint density at radius 2 is 2.00 bits per heavy atom. The molecule has 5 nitrogen and oxygen atoms in total. The zero-order valence-electron chi connectivity index (χ0n) is 8.34. The lowest BCUT2D eigenvalue weighted by Crippen LogP contribution is -2.61. The molecule has 1 aliphatic heterocycles. The van der Waals surface area contributed by atoms with E-state index in [1.807, 2.05) is 12.1 Å². The largest absolute Gasteiger partial charge is 0.318 e. The molecular weight excluding hydrogens is 204 g/mol. The minimum atomic E-state index is -0.443. The fourth-order valence-electron chi connectivity index (χ4n) is 1.58. The van der Waals surface area contributed by atoms with Crippen molar-refractivity contribution < 1.29 is 4.79 Å². The van der Waals surface area contributed by atoms with Crippen LogP contribution in [0.5, 0.6) is 0 Å². The lowest BCUT2D eigenvalue weighted by molar-refractivity contribution is -0.123. The Morgan fingerprint density at radius 3 is 2.50 bits per heavy atom. The fraction of sp³-hybridized carbons (Fsp3) is 0.182. The maximum Gasteiger partial charge on any atom is 0.245 e. The van der Waals surface area contributed by atoms with Crippen LogP contribution in [0.15, 0.2) is 18.2 Å².